The van der Waals surface area contributed by atoms with Crippen molar-refractivity contribution in [1.82, 2.24) is 14.9 Å². The molecule has 0 radical (unpaired) electrons. The zero-order chi connectivity index (χ0) is 21.4. The number of fused-ring (bicyclic) bond motifs is 1. The molecule has 4 rings (SSSR count). The van der Waals surface area contributed by atoms with Gasteiger partial charge in [-0.1, -0.05) is 11.6 Å². The van der Waals surface area contributed by atoms with Crippen LogP contribution in [0.25, 0.3) is 10.9 Å². The number of carbonyl (C=O) groups excluding carboxylic acids is 1. The Balaban J connectivity index is 1.59. The Morgan fingerprint density at radius 2 is 1.93 bits per heavy atom. The zero-order valence-electron chi connectivity index (χ0n) is 15.5. The fraction of sp³-hybridized carbons (Fsp3) is 0.211. The average Bonchev–Trinajstić information content (AvgIpc) is 2.73. The average molecular weight is 432 g/mol. The number of amides is 1. The van der Waals surface area contributed by atoms with Crippen LogP contribution in [0.2, 0.25) is 5.02 Å². The number of aromatic amines is 1. The summed E-state index contributed by atoms with van der Waals surface area (Å²) in [5, 5.41) is 11.7. The minimum Gasteiger partial charge on any atom is -0.362 e. The van der Waals surface area contributed by atoms with E-state index < -0.39 is 16.3 Å². The summed E-state index contributed by atoms with van der Waals surface area (Å²) >= 11 is 5.98. The molecule has 0 aliphatic carbocycles. The van der Waals surface area contributed by atoms with Gasteiger partial charge in [0.1, 0.15) is 11.5 Å². The molecule has 1 aliphatic heterocycles. The molecule has 11 heteroatoms. The molecule has 1 aromatic heterocycles. The Hall–Kier alpha value is -3.53. The third-order valence-electron chi connectivity index (χ3n) is 5.00. The SMILES string of the molecule is O=C(c1ccc(F)cc1Cl)N1CCN(c2cc3nc[nH]c(=O)c3cc2[N+](=O)[O-])CC1. The number of H-pyrrole nitrogens is 1. The summed E-state index contributed by atoms with van der Waals surface area (Å²) in [5.74, 6) is -0.863. The van der Waals surface area contributed by atoms with Crippen molar-refractivity contribution in [1.29, 1.82) is 0 Å². The van der Waals surface area contributed by atoms with E-state index in [2.05, 4.69) is 9.97 Å². The summed E-state index contributed by atoms with van der Waals surface area (Å²) in [4.78, 5) is 45.5. The fourth-order valence-electron chi connectivity index (χ4n) is 3.48. The van der Waals surface area contributed by atoms with Crippen molar-refractivity contribution in [2.24, 2.45) is 0 Å². The molecule has 0 saturated carbocycles. The highest BCUT2D eigenvalue weighted by Gasteiger charge is 2.28. The largest absolute Gasteiger partial charge is 0.362 e. The van der Waals surface area contributed by atoms with Gasteiger partial charge in [0, 0.05) is 32.2 Å². The van der Waals surface area contributed by atoms with E-state index >= 15 is 0 Å². The maximum Gasteiger partial charge on any atom is 0.293 e. The number of hydrogen-bond acceptors (Lipinski definition) is 6. The third kappa shape index (κ3) is 3.57. The second-order valence-corrected chi connectivity index (χ2v) is 7.16. The summed E-state index contributed by atoms with van der Waals surface area (Å²) in [5.41, 5.74) is 0.212. The summed E-state index contributed by atoms with van der Waals surface area (Å²) < 4.78 is 13.2. The molecule has 0 unspecified atom stereocenters. The van der Waals surface area contributed by atoms with Gasteiger partial charge < -0.3 is 14.8 Å². The first-order valence-electron chi connectivity index (χ1n) is 9.00. The Morgan fingerprint density at radius 3 is 2.60 bits per heavy atom. The molecule has 30 heavy (non-hydrogen) atoms. The van der Waals surface area contributed by atoms with Crippen LogP contribution < -0.4 is 10.5 Å². The summed E-state index contributed by atoms with van der Waals surface area (Å²) in [6, 6.07) is 6.31. The molecule has 0 atom stereocenters. The Kier molecular flexibility index (Phi) is 5.08. The Bertz CT molecular complexity index is 1220. The Labute approximate surface area is 173 Å². The first-order chi connectivity index (χ1) is 14.3. The van der Waals surface area contributed by atoms with E-state index in [9.17, 15) is 24.1 Å². The molecule has 0 bridgehead atoms. The second kappa shape index (κ2) is 7.71. The van der Waals surface area contributed by atoms with Gasteiger partial charge in [0.15, 0.2) is 0 Å². The fourth-order valence-corrected chi connectivity index (χ4v) is 3.72. The predicted molar refractivity (Wildman–Crippen MR) is 109 cm³/mol. The maximum absolute atomic E-state index is 13.2. The molecule has 2 aromatic carbocycles. The van der Waals surface area contributed by atoms with Gasteiger partial charge in [0.25, 0.3) is 17.2 Å². The number of carbonyl (C=O) groups is 1. The number of piperazine rings is 1. The molecule has 2 heterocycles. The number of nitro groups is 1. The number of hydrogen-bond donors (Lipinski definition) is 1. The van der Waals surface area contributed by atoms with Crippen LogP contribution in [-0.4, -0.2) is 51.9 Å². The molecule has 3 aromatic rings. The highest BCUT2D eigenvalue weighted by Crippen LogP contribution is 2.32. The van der Waals surface area contributed by atoms with Crippen molar-refractivity contribution in [2.75, 3.05) is 31.1 Å². The van der Waals surface area contributed by atoms with E-state index in [4.69, 9.17) is 11.6 Å². The van der Waals surface area contributed by atoms with Gasteiger partial charge in [-0.2, -0.15) is 0 Å². The van der Waals surface area contributed by atoms with Crippen LogP contribution in [0, 0.1) is 15.9 Å². The normalized spacial score (nSPS) is 14.2. The van der Waals surface area contributed by atoms with Crippen molar-refractivity contribution < 1.29 is 14.1 Å². The molecule has 1 aliphatic rings. The highest BCUT2D eigenvalue weighted by molar-refractivity contribution is 6.33. The van der Waals surface area contributed by atoms with E-state index in [0.29, 0.717) is 37.4 Å². The van der Waals surface area contributed by atoms with Gasteiger partial charge in [0.2, 0.25) is 0 Å². The molecule has 1 amide bonds. The first-order valence-corrected chi connectivity index (χ1v) is 9.38. The van der Waals surface area contributed by atoms with Gasteiger partial charge in [-0.3, -0.25) is 19.7 Å². The van der Waals surface area contributed by atoms with Crippen molar-refractivity contribution in [3.8, 4) is 0 Å². The van der Waals surface area contributed by atoms with Crippen LogP contribution in [0.15, 0.2) is 41.5 Å². The van der Waals surface area contributed by atoms with Crippen molar-refractivity contribution in [3.05, 3.63) is 73.5 Å². The van der Waals surface area contributed by atoms with Crippen LogP contribution in [-0.2, 0) is 0 Å². The van der Waals surface area contributed by atoms with E-state index in [1.165, 1.54) is 30.6 Å². The number of nitrogens with zero attached hydrogens (tertiary/aromatic N) is 4. The van der Waals surface area contributed by atoms with Crippen LogP contribution in [0.4, 0.5) is 15.8 Å². The Morgan fingerprint density at radius 1 is 1.20 bits per heavy atom. The summed E-state index contributed by atoms with van der Waals surface area (Å²) in [6.45, 7) is 1.26. The summed E-state index contributed by atoms with van der Waals surface area (Å²) in [7, 11) is 0. The smallest absolute Gasteiger partial charge is 0.293 e. The predicted octanol–water partition coefficient (Wildman–Crippen LogP) is 2.59. The number of benzene rings is 2. The highest BCUT2D eigenvalue weighted by atomic mass is 35.5. The quantitative estimate of drug-likeness (QED) is 0.504. The number of anilines is 1. The van der Waals surface area contributed by atoms with Gasteiger partial charge in [-0.05, 0) is 24.3 Å². The topological polar surface area (TPSA) is 112 Å². The lowest BCUT2D eigenvalue weighted by atomic mass is 10.1. The minimum absolute atomic E-state index is 0.0314. The lowest BCUT2D eigenvalue weighted by Gasteiger charge is -2.36. The van der Waals surface area contributed by atoms with E-state index in [1.54, 1.807) is 9.80 Å². The summed E-state index contributed by atoms with van der Waals surface area (Å²) in [6.07, 6.45) is 1.24. The van der Waals surface area contributed by atoms with Crippen molar-refractivity contribution in [3.63, 3.8) is 0 Å². The van der Waals surface area contributed by atoms with Gasteiger partial charge in [-0.15, -0.1) is 0 Å². The number of rotatable bonds is 3. The van der Waals surface area contributed by atoms with E-state index in [-0.39, 0.29) is 27.6 Å². The first kappa shape index (κ1) is 19.8. The lowest BCUT2D eigenvalue weighted by molar-refractivity contribution is -0.384. The van der Waals surface area contributed by atoms with Gasteiger partial charge >= 0.3 is 0 Å². The standard InChI is InChI=1S/C19H15ClFN5O4/c20-14-7-11(21)1-2-12(14)19(28)25-5-3-24(4-6-25)16-9-15-13(8-17(16)26(29)30)18(27)23-10-22-15/h1-2,7-10H,3-6H2,(H,22,23,27). The number of aromatic nitrogens is 2. The van der Waals surface area contributed by atoms with Crippen LogP contribution in [0.3, 0.4) is 0 Å². The third-order valence-corrected chi connectivity index (χ3v) is 5.32. The molecular weight excluding hydrogens is 417 g/mol. The molecule has 9 nitrogen and oxygen atoms in total. The molecule has 0 spiro atoms. The second-order valence-electron chi connectivity index (χ2n) is 6.75. The lowest BCUT2D eigenvalue weighted by Crippen LogP contribution is -2.49. The van der Waals surface area contributed by atoms with Crippen LogP contribution in [0.1, 0.15) is 10.4 Å². The monoisotopic (exact) mass is 431 g/mol. The van der Waals surface area contributed by atoms with E-state index in [1.807, 2.05) is 0 Å². The van der Waals surface area contributed by atoms with Gasteiger partial charge in [0.05, 0.1) is 32.7 Å². The van der Waals surface area contributed by atoms with Crippen LogP contribution >= 0.6 is 11.6 Å². The van der Waals surface area contributed by atoms with Crippen molar-refractivity contribution >= 4 is 39.8 Å². The molecule has 1 saturated heterocycles. The minimum atomic E-state index is -0.545. The molecule has 1 N–H and O–H groups in total. The van der Waals surface area contributed by atoms with Crippen molar-refractivity contribution in [2.45, 2.75) is 0 Å². The van der Waals surface area contributed by atoms with Gasteiger partial charge in [-0.25, -0.2) is 9.37 Å². The number of halogens is 2. The molecular formula is C19H15ClFN5O4. The number of nitro benzene ring substituents is 1. The van der Waals surface area contributed by atoms with Crippen LogP contribution in [0.5, 0.6) is 0 Å². The maximum atomic E-state index is 13.2. The zero-order valence-corrected chi connectivity index (χ0v) is 16.2. The molecule has 154 valence electrons. The van der Waals surface area contributed by atoms with E-state index in [0.717, 1.165) is 6.07 Å². The molecule has 1 fully saturated rings. The number of nitrogens with one attached hydrogen (secondary N) is 1.